The van der Waals surface area contributed by atoms with Crippen molar-refractivity contribution in [3.63, 3.8) is 0 Å². The zero-order valence-corrected chi connectivity index (χ0v) is 3.30. The first-order chi connectivity index (χ1) is 3.31. The number of carbonyl (C=O) groups is 1. The summed E-state index contributed by atoms with van der Waals surface area (Å²) in [7, 11) is 0. The lowest BCUT2D eigenvalue weighted by molar-refractivity contribution is -0.114. The first-order valence-corrected chi connectivity index (χ1v) is 1.40. The van der Waals surface area contributed by atoms with Gasteiger partial charge in [-0.05, 0) is 0 Å². The molecule has 0 aromatic heterocycles. The van der Waals surface area contributed by atoms with Crippen LogP contribution in [0.2, 0.25) is 0 Å². The van der Waals surface area contributed by atoms with Gasteiger partial charge in [0.15, 0.2) is 12.3 Å². The Kier molecular flexibility index (Phi) is 2.08. The van der Waals surface area contributed by atoms with Crippen LogP contribution in [0.4, 0.5) is 0 Å². The van der Waals surface area contributed by atoms with Gasteiger partial charge < -0.3 is 0 Å². The van der Waals surface area contributed by atoms with Gasteiger partial charge in [0.1, 0.15) is 0 Å². The van der Waals surface area contributed by atoms with Crippen LogP contribution in [0.5, 0.6) is 0 Å². The molecule has 0 rings (SSSR count). The summed E-state index contributed by atoms with van der Waals surface area (Å²) in [6, 6.07) is 1.19. The van der Waals surface area contributed by atoms with E-state index in [4.69, 9.17) is 10.5 Å². The summed E-state index contributed by atoms with van der Waals surface area (Å²) in [5, 5.41) is 16.9. The molecule has 7 heavy (non-hydrogen) atoms. The molecule has 4 nitrogen and oxygen atoms in total. The quantitative estimate of drug-likeness (QED) is 0.241. The highest BCUT2D eigenvalue weighted by Crippen LogP contribution is 1.51. The molecule has 0 aliphatic heterocycles. The third-order valence-corrected chi connectivity index (χ3v) is 0.271. The Morgan fingerprint density at radius 1 is 1.57 bits per heavy atom. The average Bonchev–Trinajstić information content (AvgIpc) is 1.68. The van der Waals surface area contributed by atoms with Gasteiger partial charge in [-0.3, -0.25) is 4.79 Å². The molecule has 0 heterocycles. The second kappa shape index (κ2) is 2.67. The van der Waals surface area contributed by atoms with Gasteiger partial charge in [-0.25, -0.2) is 5.32 Å². The molecule has 0 aromatic carbocycles. The predicted octanol–water partition coefficient (Wildman–Crippen LogP) is -0.893. The number of nitrogens with one attached hydrogen (secondary N) is 1. The average molecular weight is 95.1 g/mol. The van der Waals surface area contributed by atoms with Gasteiger partial charge in [0.25, 0.3) is 0 Å². The summed E-state index contributed by atoms with van der Waals surface area (Å²) in [5.74, 6) is -0.928. The lowest BCUT2D eigenvalue weighted by Gasteiger charge is -1.73. The van der Waals surface area contributed by atoms with E-state index in [-0.39, 0.29) is 0 Å². The molecule has 0 aliphatic carbocycles. The van der Waals surface area contributed by atoms with Gasteiger partial charge in [-0.15, -0.1) is 0 Å². The molecule has 1 amide bonds. The molecule has 0 bridgehead atoms. The Morgan fingerprint density at radius 2 is 2.14 bits per heavy atom. The monoisotopic (exact) mass is 95.0 g/mol. The van der Waals surface area contributed by atoms with Crippen LogP contribution in [0.3, 0.4) is 0 Å². The summed E-state index contributed by atoms with van der Waals surface area (Å²) in [4.78, 5) is 9.72. The first kappa shape index (κ1) is 5.45. The van der Waals surface area contributed by atoms with Crippen LogP contribution >= 0.6 is 0 Å². The van der Waals surface area contributed by atoms with Gasteiger partial charge in [0.05, 0.1) is 0 Å². The van der Waals surface area contributed by atoms with Crippen molar-refractivity contribution in [1.29, 1.82) is 10.5 Å². The SMILES string of the molecule is N#CNC(=O)C#N. The van der Waals surface area contributed by atoms with Crippen LogP contribution in [-0.2, 0) is 4.79 Å². The van der Waals surface area contributed by atoms with Crippen molar-refractivity contribution in [2.75, 3.05) is 0 Å². The van der Waals surface area contributed by atoms with E-state index in [1.54, 1.807) is 5.32 Å². The predicted molar refractivity (Wildman–Crippen MR) is 19.4 cm³/mol. The number of amides is 1. The number of nitriles is 2. The van der Waals surface area contributed by atoms with E-state index >= 15 is 0 Å². The number of nitrogens with zero attached hydrogens (tertiary/aromatic N) is 2. The number of hydrogen-bond acceptors (Lipinski definition) is 3. The molecule has 4 heteroatoms. The maximum absolute atomic E-state index is 9.72. The molecule has 0 atom stereocenters. The summed E-state index contributed by atoms with van der Waals surface area (Å²) < 4.78 is 0. The number of carbonyl (C=O) groups excluding carboxylic acids is 1. The molecule has 0 spiro atoms. The van der Waals surface area contributed by atoms with Gasteiger partial charge in [-0.2, -0.15) is 10.5 Å². The molecule has 0 unspecified atom stereocenters. The van der Waals surface area contributed by atoms with E-state index in [9.17, 15) is 4.79 Å². The van der Waals surface area contributed by atoms with E-state index in [0.29, 0.717) is 0 Å². The molecule has 0 aliphatic rings. The van der Waals surface area contributed by atoms with E-state index in [1.165, 1.54) is 12.3 Å². The lowest BCUT2D eigenvalue weighted by atomic mass is 10.7. The maximum Gasteiger partial charge on any atom is 0.335 e. The van der Waals surface area contributed by atoms with E-state index in [2.05, 4.69) is 0 Å². The molecular weight excluding hydrogens is 94.1 g/mol. The molecule has 0 aromatic rings. The van der Waals surface area contributed by atoms with E-state index in [1.807, 2.05) is 0 Å². The molecule has 1 N–H and O–H groups in total. The van der Waals surface area contributed by atoms with Crippen molar-refractivity contribution >= 4 is 5.91 Å². The second-order valence-electron chi connectivity index (χ2n) is 0.678. The smallest absolute Gasteiger partial charge is 0.256 e. The van der Waals surface area contributed by atoms with Crippen LogP contribution in [0.15, 0.2) is 0 Å². The van der Waals surface area contributed by atoms with Crippen LogP contribution in [0.1, 0.15) is 0 Å². The zero-order chi connectivity index (χ0) is 5.70. The molecule has 0 radical (unpaired) electrons. The lowest BCUT2D eigenvalue weighted by Crippen LogP contribution is -2.13. The molecular formula is C3HN3O. The second-order valence-corrected chi connectivity index (χ2v) is 0.678. The van der Waals surface area contributed by atoms with Crippen molar-refractivity contribution in [2.24, 2.45) is 0 Å². The third-order valence-electron chi connectivity index (χ3n) is 0.271. The van der Waals surface area contributed by atoms with Gasteiger partial charge in [0.2, 0.25) is 0 Å². The number of rotatable bonds is 0. The fourth-order valence-corrected chi connectivity index (χ4v) is 0.0787. The minimum absolute atomic E-state index is 0.928. The molecule has 0 fully saturated rings. The fourth-order valence-electron chi connectivity index (χ4n) is 0.0787. The van der Waals surface area contributed by atoms with Crippen LogP contribution in [0, 0.1) is 22.8 Å². The Hall–Kier alpha value is -1.55. The Morgan fingerprint density at radius 3 is 2.29 bits per heavy atom. The van der Waals surface area contributed by atoms with E-state index < -0.39 is 5.91 Å². The first-order valence-electron chi connectivity index (χ1n) is 1.40. The minimum Gasteiger partial charge on any atom is -0.256 e. The summed E-state index contributed by atoms with van der Waals surface area (Å²) >= 11 is 0. The van der Waals surface area contributed by atoms with Crippen molar-refractivity contribution in [2.45, 2.75) is 0 Å². The summed E-state index contributed by atoms with van der Waals surface area (Å²) in [5.41, 5.74) is 0. The van der Waals surface area contributed by atoms with Crippen LogP contribution < -0.4 is 5.32 Å². The van der Waals surface area contributed by atoms with Gasteiger partial charge in [-0.1, -0.05) is 0 Å². The highest BCUT2D eigenvalue weighted by molar-refractivity contribution is 5.92. The standard InChI is InChI=1S/C3HN3O/c4-1-3(7)6-2-5/h(H,6,7). The normalized spacial score (nSPS) is 5.43. The van der Waals surface area contributed by atoms with E-state index in [0.717, 1.165) is 0 Å². The van der Waals surface area contributed by atoms with Crippen LogP contribution in [0.25, 0.3) is 0 Å². The van der Waals surface area contributed by atoms with Crippen LogP contribution in [-0.4, -0.2) is 5.91 Å². The minimum atomic E-state index is -0.928. The van der Waals surface area contributed by atoms with Crippen molar-refractivity contribution in [3.8, 4) is 12.3 Å². The van der Waals surface area contributed by atoms with Gasteiger partial charge in [0, 0.05) is 0 Å². The summed E-state index contributed by atoms with van der Waals surface area (Å²) in [6.07, 6.45) is 1.30. The van der Waals surface area contributed by atoms with Crippen molar-refractivity contribution < 1.29 is 4.79 Å². The fraction of sp³-hybridized carbons (Fsp3) is 0. The topological polar surface area (TPSA) is 76.7 Å². The molecule has 0 saturated carbocycles. The summed E-state index contributed by atoms with van der Waals surface area (Å²) in [6.45, 7) is 0. The Bertz CT molecular complexity index is 149. The van der Waals surface area contributed by atoms with Crippen molar-refractivity contribution in [1.82, 2.24) is 5.32 Å². The molecule has 34 valence electrons. The highest BCUT2D eigenvalue weighted by atomic mass is 16.1. The zero-order valence-electron chi connectivity index (χ0n) is 3.30. The maximum atomic E-state index is 9.72. The Balaban J connectivity index is 3.50. The Labute approximate surface area is 40.0 Å². The third kappa shape index (κ3) is 2.24. The highest BCUT2D eigenvalue weighted by Gasteiger charge is 1.89. The number of hydrogen-bond donors (Lipinski definition) is 1. The largest absolute Gasteiger partial charge is 0.335 e. The molecule has 0 saturated heterocycles. The van der Waals surface area contributed by atoms with Crippen molar-refractivity contribution in [3.05, 3.63) is 0 Å². The van der Waals surface area contributed by atoms with Gasteiger partial charge >= 0.3 is 5.91 Å².